The predicted octanol–water partition coefficient (Wildman–Crippen LogP) is 1.01. The number of hydrogen-bond acceptors (Lipinski definition) is 7. The van der Waals surface area contributed by atoms with Gasteiger partial charge in [0.15, 0.2) is 9.84 Å². The molecule has 1 amide bonds. The van der Waals surface area contributed by atoms with Crippen LogP contribution in [-0.4, -0.2) is 49.0 Å². The molecule has 0 aliphatic carbocycles. The van der Waals surface area contributed by atoms with Crippen LogP contribution in [0, 0.1) is 0 Å². The number of carbonyl (C=O) groups excluding carboxylic acids is 1. The Kier molecular flexibility index (Phi) is 5.36. The van der Waals surface area contributed by atoms with Gasteiger partial charge in [-0.05, 0) is 12.5 Å². The van der Waals surface area contributed by atoms with Crippen LogP contribution in [0.3, 0.4) is 0 Å². The fourth-order valence-corrected chi connectivity index (χ4v) is 4.43. The average molecular weight is 376 g/mol. The Morgan fingerprint density at radius 3 is 2.73 bits per heavy atom. The maximum Gasteiger partial charge on any atom is 0.271 e. The highest BCUT2D eigenvalue weighted by atomic mass is 32.2. The molecule has 0 saturated carbocycles. The second-order valence-corrected chi connectivity index (χ2v) is 8.25. The Morgan fingerprint density at radius 1 is 1.27 bits per heavy atom. The molecule has 1 atom stereocenters. The van der Waals surface area contributed by atoms with Gasteiger partial charge in [-0.3, -0.25) is 4.79 Å². The number of nitrogens with zero attached hydrogens (tertiary/aromatic N) is 2. The molecule has 0 radical (unpaired) electrons. The van der Waals surface area contributed by atoms with Crippen molar-refractivity contribution in [3.63, 3.8) is 0 Å². The summed E-state index contributed by atoms with van der Waals surface area (Å²) in [5.74, 6) is 1.08. The number of sulfone groups is 1. The van der Waals surface area contributed by atoms with E-state index in [0.717, 1.165) is 5.56 Å². The lowest BCUT2D eigenvalue weighted by Gasteiger charge is -2.11. The van der Waals surface area contributed by atoms with Crippen LogP contribution in [0.5, 0.6) is 5.75 Å². The van der Waals surface area contributed by atoms with E-state index in [2.05, 4.69) is 20.6 Å². The first-order valence-corrected chi connectivity index (χ1v) is 9.98. The number of rotatable bonds is 6. The van der Waals surface area contributed by atoms with Crippen LogP contribution in [0.4, 0.5) is 5.82 Å². The molecule has 138 valence electrons. The average Bonchev–Trinajstić information content (AvgIpc) is 2.99. The van der Waals surface area contributed by atoms with Crippen molar-refractivity contribution in [2.24, 2.45) is 0 Å². The molecule has 1 saturated heterocycles. The lowest BCUT2D eigenvalue weighted by molar-refractivity contribution is 0.0945. The monoisotopic (exact) mass is 376 g/mol. The lowest BCUT2D eigenvalue weighted by atomic mass is 10.2. The van der Waals surface area contributed by atoms with E-state index in [1.807, 2.05) is 24.3 Å². The maximum absolute atomic E-state index is 12.2. The Morgan fingerprint density at radius 2 is 2.08 bits per heavy atom. The molecule has 9 heteroatoms. The fourth-order valence-electron chi connectivity index (χ4n) is 2.75. The summed E-state index contributed by atoms with van der Waals surface area (Å²) in [4.78, 5) is 20.4. The zero-order valence-electron chi connectivity index (χ0n) is 14.3. The van der Waals surface area contributed by atoms with Gasteiger partial charge in [-0.2, -0.15) is 0 Å². The molecular weight excluding hydrogens is 356 g/mol. The van der Waals surface area contributed by atoms with Gasteiger partial charge in [0, 0.05) is 18.2 Å². The molecule has 2 aromatic rings. The maximum atomic E-state index is 12.2. The van der Waals surface area contributed by atoms with Crippen molar-refractivity contribution in [2.75, 3.05) is 23.9 Å². The summed E-state index contributed by atoms with van der Waals surface area (Å²) >= 11 is 0. The molecule has 2 N–H and O–H groups in total. The second kappa shape index (κ2) is 7.69. The third kappa shape index (κ3) is 4.48. The van der Waals surface area contributed by atoms with Gasteiger partial charge in [0.1, 0.15) is 17.3 Å². The van der Waals surface area contributed by atoms with Crippen molar-refractivity contribution in [1.29, 1.82) is 0 Å². The summed E-state index contributed by atoms with van der Waals surface area (Å²) in [6.07, 6.45) is 3.34. The van der Waals surface area contributed by atoms with Crippen molar-refractivity contribution in [2.45, 2.75) is 19.0 Å². The Hall–Kier alpha value is -2.68. The van der Waals surface area contributed by atoms with E-state index in [4.69, 9.17) is 4.74 Å². The van der Waals surface area contributed by atoms with Crippen molar-refractivity contribution in [1.82, 2.24) is 15.3 Å². The quantitative estimate of drug-likeness (QED) is 0.774. The zero-order valence-corrected chi connectivity index (χ0v) is 15.1. The summed E-state index contributed by atoms with van der Waals surface area (Å²) in [5, 5.41) is 5.81. The van der Waals surface area contributed by atoms with Crippen LogP contribution in [-0.2, 0) is 16.4 Å². The molecule has 2 heterocycles. The zero-order chi connectivity index (χ0) is 18.6. The molecule has 1 unspecified atom stereocenters. The molecule has 26 heavy (non-hydrogen) atoms. The van der Waals surface area contributed by atoms with E-state index in [0.29, 0.717) is 24.5 Å². The number of amides is 1. The third-order valence-corrected chi connectivity index (χ3v) is 5.87. The van der Waals surface area contributed by atoms with Gasteiger partial charge in [-0.25, -0.2) is 18.4 Å². The van der Waals surface area contributed by atoms with Crippen LogP contribution in [0.25, 0.3) is 0 Å². The fraction of sp³-hybridized carbons (Fsp3) is 0.353. The number of hydrogen-bond donors (Lipinski definition) is 2. The van der Waals surface area contributed by atoms with E-state index in [9.17, 15) is 13.2 Å². The van der Waals surface area contributed by atoms with Crippen LogP contribution in [0.2, 0.25) is 0 Å². The van der Waals surface area contributed by atoms with E-state index >= 15 is 0 Å². The number of ether oxygens (including phenoxy) is 1. The number of methoxy groups -OCH3 is 1. The number of para-hydroxylation sites is 1. The van der Waals surface area contributed by atoms with Crippen molar-refractivity contribution in [3.05, 3.63) is 47.9 Å². The van der Waals surface area contributed by atoms with Gasteiger partial charge in [0.25, 0.3) is 5.91 Å². The summed E-state index contributed by atoms with van der Waals surface area (Å²) in [6.45, 7) is 0.310. The second-order valence-electron chi connectivity index (χ2n) is 6.03. The molecule has 1 aliphatic rings. The van der Waals surface area contributed by atoms with Gasteiger partial charge < -0.3 is 15.4 Å². The summed E-state index contributed by atoms with van der Waals surface area (Å²) in [6, 6.07) is 7.25. The highest BCUT2D eigenvalue weighted by Gasteiger charge is 2.28. The van der Waals surface area contributed by atoms with E-state index in [1.54, 1.807) is 7.11 Å². The van der Waals surface area contributed by atoms with Crippen LogP contribution < -0.4 is 15.4 Å². The molecule has 0 bridgehead atoms. The smallest absolute Gasteiger partial charge is 0.271 e. The first-order valence-electron chi connectivity index (χ1n) is 8.16. The summed E-state index contributed by atoms with van der Waals surface area (Å²) in [5.41, 5.74) is 1.04. The Bertz CT molecular complexity index is 884. The Labute approximate surface area is 151 Å². The van der Waals surface area contributed by atoms with Gasteiger partial charge in [-0.15, -0.1) is 0 Å². The highest BCUT2D eigenvalue weighted by molar-refractivity contribution is 7.91. The minimum Gasteiger partial charge on any atom is -0.496 e. The number of anilines is 1. The predicted molar refractivity (Wildman–Crippen MR) is 96.9 cm³/mol. The van der Waals surface area contributed by atoms with E-state index < -0.39 is 9.84 Å². The third-order valence-electron chi connectivity index (χ3n) is 4.10. The molecule has 1 fully saturated rings. The lowest BCUT2D eigenvalue weighted by Crippen LogP contribution is -2.25. The molecule has 1 aliphatic heterocycles. The first kappa shape index (κ1) is 18.1. The molecular formula is C17H20N4O4S. The normalized spacial score (nSPS) is 18.3. The number of carbonyl (C=O) groups is 1. The van der Waals surface area contributed by atoms with Gasteiger partial charge in [0.2, 0.25) is 0 Å². The van der Waals surface area contributed by atoms with E-state index in [-0.39, 0.29) is 29.1 Å². The Balaban J connectivity index is 1.57. The number of nitrogens with one attached hydrogen (secondary N) is 2. The van der Waals surface area contributed by atoms with Crippen LogP contribution >= 0.6 is 0 Å². The first-order chi connectivity index (χ1) is 12.5. The minimum atomic E-state index is -2.96. The van der Waals surface area contributed by atoms with Crippen LogP contribution in [0.15, 0.2) is 36.7 Å². The summed E-state index contributed by atoms with van der Waals surface area (Å²) < 4.78 is 28.2. The molecule has 8 nitrogen and oxygen atoms in total. The van der Waals surface area contributed by atoms with Crippen molar-refractivity contribution >= 4 is 21.6 Å². The summed E-state index contributed by atoms with van der Waals surface area (Å²) in [7, 11) is -1.38. The molecule has 1 aromatic carbocycles. The standard InChI is InChI=1S/C17H20N4O4S/c1-25-15-5-3-2-4-12(15)8-20-17(22)14-9-19-16(10-18-14)21-13-6-7-26(23,24)11-13/h2-5,9-10,13H,6-8,11H2,1H3,(H,19,21)(H,20,22). The molecule has 3 rings (SSSR count). The van der Waals surface area contributed by atoms with Gasteiger partial charge in [-0.1, -0.05) is 18.2 Å². The number of benzene rings is 1. The SMILES string of the molecule is COc1ccccc1CNC(=O)c1cnc(NC2CCS(=O)(=O)C2)cn1. The molecule has 0 spiro atoms. The largest absolute Gasteiger partial charge is 0.496 e. The minimum absolute atomic E-state index is 0.0931. The van der Waals surface area contributed by atoms with Gasteiger partial charge in [0.05, 0.1) is 31.0 Å². The number of aromatic nitrogens is 2. The topological polar surface area (TPSA) is 110 Å². The van der Waals surface area contributed by atoms with E-state index in [1.165, 1.54) is 12.4 Å². The van der Waals surface area contributed by atoms with Crippen molar-refractivity contribution in [3.8, 4) is 5.75 Å². The molecule has 1 aromatic heterocycles. The van der Waals surface area contributed by atoms with Crippen LogP contribution in [0.1, 0.15) is 22.5 Å². The van der Waals surface area contributed by atoms with Gasteiger partial charge >= 0.3 is 0 Å². The van der Waals surface area contributed by atoms with Crippen molar-refractivity contribution < 1.29 is 17.9 Å². The highest BCUT2D eigenvalue weighted by Crippen LogP contribution is 2.17.